The fraction of sp³-hybridized carbons (Fsp3) is 0.429. The molecule has 2 atom stereocenters. The SMILES string of the molecule is CCNC(=NCc1ncccc1F)NC1CC(C)N(Cc2ccccc2)C1. The van der Waals surface area contributed by atoms with Gasteiger partial charge in [0.25, 0.3) is 0 Å². The molecule has 1 aliphatic rings. The molecule has 2 unspecified atom stereocenters. The Morgan fingerprint density at radius 3 is 2.81 bits per heavy atom. The van der Waals surface area contributed by atoms with Crippen LogP contribution < -0.4 is 10.6 Å². The molecule has 2 heterocycles. The van der Waals surface area contributed by atoms with E-state index in [0.717, 1.165) is 26.1 Å². The largest absolute Gasteiger partial charge is 0.357 e. The van der Waals surface area contributed by atoms with Crippen LogP contribution in [0.5, 0.6) is 0 Å². The molecular formula is C21H28FN5. The van der Waals surface area contributed by atoms with Crippen molar-refractivity contribution in [1.29, 1.82) is 0 Å². The van der Waals surface area contributed by atoms with Crippen LogP contribution in [-0.2, 0) is 13.1 Å². The van der Waals surface area contributed by atoms with Gasteiger partial charge in [0, 0.05) is 37.9 Å². The molecule has 2 aromatic rings. The summed E-state index contributed by atoms with van der Waals surface area (Å²) in [5.41, 5.74) is 1.69. The quantitative estimate of drug-likeness (QED) is 0.607. The minimum absolute atomic E-state index is 0.220. The molecule has 1 fully saturated rings. The summed E-state index contributed by atoms with van der Waals surface area (Å²) < 4.78 is 13.8. The number of pyridine rings is 1. The highest BCUT2D eigenvalue weighted by Crippen LogP contribution is 2.20. The van der Waals surface area contributed by atoms with Gasteiger partial charge in [-0.3, -0.25) is 9.88 Å². The number of guanidine groups is 1. The van der Waals surface area contributed by atoms with Crippen molar-refractivity contribution in [3.8, 4) is 0 Å². The topological polar surface area (TPSA) is 52.6 Å². The van der Waals surface area contributed by atoms with Crippen molar-refractivity contribution in [2.75, 3.05) is 13.1 Å². The van der Waals surface area contributed by atoms with Crippen LogP contribution in [0.1, 0.15) is 31.5 Å². The van der Waals surface area contributed by atoms with E-state index >= 15 is 0 Å². The van der Waals surface area contributed by atoms with E-state index in [-0.39, 0.29) is 12.4 Å². The second-order valence-electron chi connectivity index (χ2n) is 6.97. The first-order valence-electron chi connectivity index (χ1n) is 9.58. The summed E-state index contributed by atoms with van der Waals surface area (Å²) in [5, 5.41) is 6.75. The van der Waals surface area contributed by atoms with Gasteiger partial charge in [-0.05, 0) is 38.0 Å². The third-order valence-electron chi connectivity index (χ3n) is 4.84. The van der Waals surface area contributed by atoms with Crippen LogP contribution in [-0.4, -0.2) is 41.0 Å². The third kappa shape index (κ3) is 5.50. The fourth-order valence-corrected chi connectivity index (χ4v) is 3.44. The number of nitrogens with zero attached hydrogens (tertiary/aromatic N) is 3. The van der Waals surface area contributed by atoms with Gasteiger partial charge < -0.3 is 10.6 Å². The molecule has 144 valence electrons. The first-order valence-corrected chi connectivity index (χ1v) is 9.58. The van der Waals surface area contributed by atoms with Gasteiger partial charge in [0.1, 0.15) is 5.82 Å². The fourth-order valence-electron chi connectivity index (χ4n) is 3.44. The number of halogens is 1. The lowest BCUT2D eigenvalue weighted by Crippen LogP contribution is -2.44. The van der Waals surface area contributed by atoms with Crippen molar-refractivity contribution in [3.05, 3.63) is 65.7 Å². The van der Waals surface area contributed by atoms with Gasteiger partial charge in [0.2, 0.25) is 0 Å². The van der Waals surface area contributed by atoms with Crippen molar-refractivity contribution in [3.63, 3.8) is 0 Å². The van der Waals surface area contributed by atoms with E-state index in [4.69, 9.17) is 0 Å². The molecule has 0 radical (unpaired) electrons. The average molecular weight is 369 g/mol. The molecule has 0 bridgehead atoms. The van der Waals surface area contributed by atoms with Crippen molar-refractivity contribution in [2.24, 2.45) is 4.99 Å². The number of rotatable bonds is 6. The minimum Gasteiger partial charge on any atom is -0.357 e. The van der Waals surface area contributed by atoms with Crippen molar-refractivity contribution in [1.82, 2.24) is 20.5 Å². The van der Waals surface area contributed by atoms with Gasteiger partial charge in [0.15, 0.2) is 5.96 Å². The maximum absolute atomic E-state index is 13.8. The number of hydrogen-bond acceptors (Lipinski definition) is 3. The molecule has 3 rings (SSSR count). The number of likely N-dealkylation sites (tertiary alicyclic amines) is 1. The zero-order valence-electron chi connectivity index (χ0n) is 16.0. The summed E-state index contributed by atoms with van der Waals surface area (Å²) in [4.78, 5) is 11.1. The Kier molecular flexibility index (Phi) is 6.76. The van der Waals surface area contributed by atoms with Gasteiger partial charge >= 0.3 is 0 Å². The third-order valence-corrected chi connectivity index (χ3v) is 4.84. The number of aromatic nitrogens is 1. The molecule has 0 amide bonds. The van der Waals surface area contributed by atoms with Crippen molar-refractivity contribution >= 4 is 5.96 Å². The van der Waals surface area contributed by atoms with Crippen molar-refractivity contribution < 1.29 is 4.39 Å². The normalized spacial score (nSPS) is 20.6. The van der Waals surface area contributed by atoms with Gasteiger partial charge in [0.05, 0.1) is 12.2 Å². The van der Waals surface area contributed by atoms with E-state index < -0.39 is 0 Å². The molecule has 2 N–H and O–H groups in total. The highest BCUT2D eigenvalue weighted by Gasteiger charge is 2.29. The molecule has 1 aromatic heterocycles. The van der Waals surface area contributed by atoms with Crippen LogP contribution in [0.15, 0.2) is 53.7 Å². The molecule has 1 aliphatic heterocycles. The average Bonchev–Trinajstić information content (AvgIpc) is 3.01. The Hall–Kier alpha value is -2.47. The summed E-state index contributed by atoms with van der Waals surface area (Å²) in [7, 11) is 0. The van der Waals surface area contributed by atoms with E-state index in [1.165, 1.54) is 11.6 Å². The van der Waals surface area contributed by atoms with E-state index in [9.17, 15) is 4.39 Å². The Morgan fingerprint density at radius 1 is 1.26 bits per heavy atom. The van der Waals surface area contributed by atoms with Crippen LogP contribution >= 0.6 is 0 Å². The second-order valence-corrected chi connectivity index (χ2v) is 6.97. The summed E-state index contributed by atoms with van der Waals surface area (Å²) in [5.74, 6) is 0.391. The predicted molar refractivity (Wildman–Crippen MR) is 107 cm³/mol. The molecule has 0 saturated carbocycles. The van der Waals surface area contributed by atoms with Gasteiger partial charge in [-0.15, -0.1) is 0 Å². The standard InChI is InChI=1S/C21H28FN5/c1-3-23-21(25-13-20-19(22)10-7-11-24-20)26-18-12-16(2)27(15-18)14-17-8-5-4-6-9-17/h4-11,16,18H,3,12-15H2,1-2H3,(H2,23,25,26). The van der Waals surface area contributed by atoms with Crippen LogP contribution in [0, 0.1) is 5.82 Å². The first-order chi connectivity index (χ1) is 13.2. The smallest absolute Gasteiger partial charge is 0.191 e. The van der Waals surface area contributed by atoms with E-state index in [0.29, 0.717) is 23.7 Å². The van der Waals surface area contributed by atoms with Gasteiger partial charge in [-0.25, -0.2) is 9.38 Å². The molecule has 0 aliphatic carbocycles. The first kappa shape index (κ1) is 19.3. The van der Waals surface area contributed by atoms with Gasteiger partial charge in [-0.2, -0.15) is 0 Å². The van der Waals surface area contributed by atoms with Crippen LogP contribution in [0.25, 0.3) is 0 Å². The summed E-state index contributed by atoms with van der Waals surface area (Å²) in [6.07, 6.45) is 2.64. The zero-order chi connectivity index (χ0) is 19.1. The maximum atomic E-state index is 13.8. The minimum atomic E-state index is -0.319. The van der Waals surface area contributed by atoms with Crippen LogP contribution in [0.3, 0.4) is 0 Å². The number of nitrogens with one attached hydrogen (secondary N) is 2. The maximum Gasteiger partial charge on any atom is 0.191 e. The Labute approximate surface area is 160 Å². The number of benzene rings is 1. The summed E-state index contributed by atoms with van der Waals surface area (Å²) in [6, 6.07) is 14.4. The molecule has 27 heavy (non-hydrogen) atoms. The summed E-state index contributed by atoms with van der Waals surface area (Å²) >= 11 is 0. The number of hydrogen-bond donors (Lipinski definition) is 2. The highest BCUT2D eigenvalue weighted by molar-refractivity contribution is 5.80. The lowest BCUT2D eigenvalue weighted by Gasteiger charge is -2.21. The molecule has 0 spiro atoms. The molecule has 5 nitrogen and oxygen atoms in total. The van der Waals surface area contributed by atoms with Gasteiger partial charge in [-0.1, -0.05) is 30.3 Å². The Balaban J connectivity index is 1.59. The zero-order valence-corrected chi connectivity index (χ0v) is 16.0. The molecule has 1 saturated heterocycles. The van der Waals surface area contributed by atoms with Crippen molar-refractivity contribution in [2.45, 2.75) is 45.4 Å². The molecule has 1 aromatic carbocycles. The van der Waals surface area contributed by atoms with E-state index in [1.807, 2.05) is 13.0 Å². The van der Waals surface area contributed by atoms with E-state index in [1.54, 1.807) is 12.3 Å². The lowest BCUT2D eigenvalue weighted by atomic mass is 10.2. The predicted octanol–water partition coefficient (Wildman–Crippen LogP) is 2.94. The Bertz CT molecular complexity index is 749. The monoisotopic (exact) mass is 369 g/mol. The van der Waals surface area contributed by atoms with E-state index in [2.05, 4.69) is 56.7 Å². The number of aliphatic imine (C=N–C) groups is 1. The lowest BCUT2D eigenvalue weighted by molar-refractivity contribution is 0.258. The highest BCUT2D eigenvalue weighted by atomic mass is 19.1. The molecular weight excluding hydrogens is 341 g/mol. The van der Waals surface area contributed by atoms with Crippen LogP contribution in [0.2, 0.25) is 0 Å². The Morgan fingerprint density at radius 2 is 2.07 bits per heavy atom. The van der Waals surface area contributed by atoms with Crippen LogP contribution in [0.4, 0.5) is 4.39 Å². The second kappa shape index (κ2) is 9.46. The molecule has 6 heteroatoms. The summed E-state index contributed by atoms with van der Waals surface area (Å²) in [6.45, 7) is 7.17.